The van der Waals surface area contributed by atoms with Gasteiger partial charge in [0.05, 0.1) is 23.4 Å². The van der Waals surface area contributed by atoms with Gasteiger partial charge in [0, 0.05) is 30.1 Å². The number of fused-ring (bicyclic) bond motifs is 1. The summed E-state index contributed by atoms with van der Waals surface area (Å²) in [6.45, 7) is 2.53. The predicted octanol–water partition coefficient (Wildman–Crippen LogP) is 2.33. The monoisotopic (exact) mass is 341 g/mol. The number of rotatable bonds is 7. The number of carbonyl (C=O) groups excluding carboxylic acids is 1. The number of aromatic nitrogens is 3. The first-order chi connectivity index (χ1) is 12.0. The number of carbonyl (C=O) groups is 1. The molecule has 2 N–H and O–H groups in total. The number of benzene rings is 1. The van der Waals surface area contributed by atoms with E-state index in [9.17, 15) is 14.9 Å². The van der Waals surface area contributed by atoms with Gasteiger partial charge in [-0.2, -0.15) is 4.68 Å². The molecule has 130 valence electrons. The van der Waals surface area contributed by atoms with E-state index < -0.39 is 4.92 Å². The average molecular weight is 341 g/mol. The quantitative estimate of drug-likeness (QED) is 0.508. The standard InChI is InChI=1S/C17H19N5O3/c1-12-10-16(22(24)25)20-21(12)9-8-18-17(23)7-6-13-11-19-15-5-3-2-4-14(13)15/h2-5,10-11,19H,6-9H2,1H3,(H,18,23). The van der Waals surface area contributed by atoms with Gasteiger partial charge in [-0.15, -0.1) is 0 Å². The second-order valence-corrected chi connectivity index (χ2v) is 5.83. The Morgan fingerprint density at radius 3 is 2.96 bits per heavy atom. The van der Waals surface area contributed by atoms with Crippen LogP contribution in [0.2, 0.25) is 0 Å². The van der Waals surface area contributed by atoms with Crippen LogP contribution in [-0.2, 0) is 17.8 Å². The first kappa shape index (κ1) is 16.7. The molecule has 0 spiro atoms. The highest BCUT2D eigenvalue weighted by molar-refractivity contribution is 5.84. The van der Waals surface area contributed by atoms with Crippen molar-refractivity contribution >= 4 is 22.6 Å². The van der Waals surface area contributed by atoms with Crippen molar-refractivity contribution in [2.45, 2.75) is 26.3 Å². The topological polar surface area (TPSA) is 106 Å². The van der Waals surface area contributed by atoms with E-state index >= 15 is 0 Å². The minimum absolute atomic E-state index is 0.0513. The van der Waals surface area contributed by atoms with Gasteiger partial charge in [0.25, 0.3) is 0 Å². The first-order valence-corrected chi connectivity index (χ1v) is 8.05. The van der Waals surface area contributed by atoms with E-state index in [-0.39, 0.29) is 11.7 Å². The van der Waals surface area contributed by atoms with E-state index in [2.05, 4.69) is 15.4 Å². The molecule has 0 aliphatic carbocycles. The highest BCUT2D eigenvalue weighted by atomic mass is 16.6. The van der Waals surface area contributed by atoms with Crippen molar-refractivity contribution < 1.29 is 9.72 Å². The Morgan fingerprint density at radius 1 is 1.40 bits per heavy atom. The van der Waals surface area contributed by atoms with E-state index in [4.69, 9.17) is 0 Å². The fraction of sp³-hybridized carbons (Fsp3) is 0.294. The summed E-state index contributed by atoms with van der Waals surface area (Å²) in [5, 5.41) is 18.5. The lowest BCUT2D eigenvalue weighted by atomic mass is 10.1. The number of hydrogen-bond donors (Lipinski definition) is 2. The lowest BCUT2D eigenvalue weighted by molar-refractivity contribution is -0.389. The van der Waals surface area contributed by atoms with Gasteiger partial charge in [0.2, 0.25) is 5.91 Å². The smallest absolute Gasteiger partial charge is 0.361 e. The molecule has 0 saturated carbocycles. The number of hydrogen-bond acceptors (Lipinski definition) is 4. The summed E-state index contributed by atoms with van der Waals surface area (Å²) in [7, 11) is 0. The Labute approximate surface area is 144 Å². The molecular formula is C17H19N5O3. The fourth-order valence-electron chi connectivity index (χ4n) is 2.78. The van der Waals surface area contributed by atoms with Crippen molar-refractivity contribution in [3.8, 4) is 0 Å². The van der Waals surface area contributed by atoms with Crippen LogP contribution in [0, 0.1) is 17.0 Å². The lowest BCUT2D eigenvalue weighted by Gasteiger charge is -2.04. The molecule has 1 aromatic carbocycles. The average Bonchev–Trinajstić information content (AvgIpc) is 3.17. The number of para-hydroxylation sites is 1. The summed E-state index contributed by atoms with van der Waals surface area (Å²) in [6, 6.07) is 9.40. The number of aromatic amines is 1. The number of amides is 1. The Morgan fingerprint density at radius 2 is 2.20 bits per heavy atom. The zero-order chi connectivity index (χ0) is 17.8. The van der Waals surface area contributed by atoms with Gasteiger partial charge in [-0.05, 0) is 29.9 Å². The van der Waals surface area contributed by atoms with Crippen LogP contribution in [0.5, 0.6) is 0 Å². The Hall–Kier alpha value is -3.16. The first-order valence-electron chi connectivity index (χ1n) is 8.05. The van der Waals surface area contributed by atoms with Gasteiger partial charge in [-0.3, -0.25) is 4.79 Å². The number of nitrogens with one attached hydrogen (secondary N) is 2. The van der Waals surface area contributed by atoms with Crippen LogP contribution in [0.1, 0.15) is 17.7 Å². The molecule has 2 heterocycles. The molecule has 0 aliphatic rings. The van der Waals surface area contributed by atoms with Gasteiger partial charge in [-0.1, -0.05) is 18.2 Å². The van der Waals surface area contributed by atoms with Crippen LogP contribution in [-0.4, -0.2) is 32.1 Å². The second-order valence-electron chi connectivity index (χ2n) is 5.83. The molecule has 25 heavy (non-hydrogen) atoms. The molecule has 0 atom stereocenters. The largest absolute Gasteiger partial charge is 0.390 e. The maximum absolute atomic E-state index is 12.0. The van der Waals surface area contributed by atoms with Crippen molar-refractivity contribution in [2.75, 3.05) is 6.54 Å². The van der Waals surface area contributed by atoms with E-state index in [0.29, 0.717) is 31.6 Å². The molecule has 1 amide bonds. The summed E-state index contributed by atoms with van der Waals surface area (Å²) in [5.74, 6) is -0.229. The van der Waals surface area contributed by atoms with E-state index in [1.165, 1.54) is 10.7 Å². The maximum Gasteiger partial charge on any atom is 0.390 e. The van der Waals surface area contributed by atoms with Crippen molar-refractivity contribution in [1.29, 1.82) is 0 Å². The van der Waals surface area contributed by atoms with Crippen LogP contribution in [0.3, 0.4) is 0 Å². The highest BCUT2D eigenvalue weighted by Gasteiger charge is 2.15. The van der Waals surface area contributed by atoms with E-state index in [1.54, 1.807) is 6.92 Å². The second kappa shape index (κ2) is 7.16. The summed E-state index contributed by atoms with van der Waals surface area (Å²) in [4.78, 5) is 25.4. The Kier molecular flexibility index (Phi) is 4.78. The molecule has 8 heteroatoms. The SMILES string of the molecule is Cc1cc([N+](=O)[O-])nn1CCNC(=O)CCc1c[nH]c2ccccc12. The normalized spacial score (nSPS) is 10.9. The molecule has 0 saturated heterocycles. The van der Waals surface area contributed by atoms with Crippen molar-refractivity contribution in [3.63, 3.8) is 0 Å². The molecule has 0 radical (unpaired) electrons. The molecule has 8 nitrogen and oxygen atoms in total. The van der Waals surface area contributed by atoms with Gasteiger partial charge >= 0.3 is 5.82 Å². The zero-order valence-corrected chi connectivity index (χ0v) is 13.9. The summed E-state index contributed by atoms with van der Waals surface area (Å²) in [6.07, 6.45) is 2.98. The minimum atomic E-state index is -0.525. The van der Waals surface area contributed by atoms with E-state index in [0.717, 1.165) is 16.5 Å². The van der Waals surface area contributed by atoms with Crippen molar-refractivity contribution in [3.05, 3.63) is 57.9 Å². The number of H-pyrrole nitrogens is 1. The maximum atomic E-state index is 12.0. The summed E-state index contributed by atoms with van der Waals surface area (Å²) >= 11 is 0. The Balaban J connectivity index is 1.48. The van der Waals surface area contributed by atoms with Crippen molar-refractivity contribution in [2.24, 2.45) is 0 Å². The van der Waals surface area contributed by atoms with Crippen LogP contribution in [0.25, 0.3) is 10.9 Å². The van der Waals surface area contributed by atoms with Crippen molar-refractivity contribution in [1.82, 2.24) is 20.1 Å². The molecule has 3 rings (SSSR count). The molecule has 0 fully saturated rings. The Bertz CT molecular complexity index is 912. The number of nitro groups is 1. The minimum Gasteiger partial charge on any atom is -0.361 e. The van der Waals surface area contributed by atoms with Gasteiger partial charge < -0.3 is 20.4 Å². The third-order valence-corrected chi connectivity index (χ3v) is 4.10. The third-order valence-electron chi connectivity index (χ3n) is 4.10. The van der Waals surface area contributed by atoms with Crippen LogP contribution >= 0.6 is 0 Å². The van der Waals surface area contributed by atoms with E-state index in [1.807, 2.05) is 30.5 Å². The molecular weight excluding hydrogens is 322 g/mol. The van der Waals surface area contributed by atoms with Crippen LogP contribution in [0.15, 0.2) is 36.5 Å². The van der Waals surface area contributed by atoms with Gasteiger partial charge in [0.1, 0.15) is 0 Å². The molecule has 0 unspecified atom stereocenters. The number of nitrogens with zero attached hydrogens (tertiary/aromatic N) is 3. The fourth-order valence-corrected chi connectivity index (χ4v) is 2.78. The summed E-state index contributed by atoms with van der Waals surface area (Å²) in [5.41, 5.74) is 2.87. The lowest BCUT2D eigenvalue weighted by Crippen LogP contribution is -2.27. The highest BCUT2D eigenvalue weighted by Crippen LogP contribution is 2.18. The molecule has 2 aromatic heterocycles. The summed E-state index contributed by atoms with van der Waals surface area (Å²) < 4.78 is 1.53. The molecule has 0 bridgehead atoms. The predicted molar refractivity (Wildman–Crippen MR) is 93.2 cm³/mol. The zero-order valence-electron chi connectivity index (χ0n) is 13.9. The molecule has 3 aromatic rings. The number of aryl methyl sites for hydroxylation is 2. The van der Waals surface area contributed by atoms with Gasteiger partial charge in [-0.25, -0.2) is 0 Å². The van der Waals surface area contributed by atoms with Crippen LogP contribution in [0.4, 0.5) is 5.82 Å². The molecule has 0 aliphatic heterocycles. The third kappa shape index (κ3) is 3.85. The van der Waals surface area contributed by atoms with Crippen LogP contribution < -0.4 is 5.32 Å². The van der Waals surface area contributed by atoms with Gasteiger partial charge in [0.15, 0.2) is 0 Å².